The van der Waals surface area contributed by atoms with Crippen LogP contribution in [0.2, 0.25) is 0 Å². The van der Waals surface area contributed by atoms with Gasteiger partial charge in [-0.05, 0) is 48.3 Å². The van der Waals surface area contributed by atoms with Crippen molar-refractivity contribution in [2.75, 3.05) is 0 Å². The van der Waals surface area contributed by atoms with Gasteiger partial charge in [0.2, 0.25) is 0 Å². The van der Waals surface area contributed by atoms with Gasteiger partial charge in [0.15, 0.2) is 23.1 Å². The Morgan fingerprint density at radius 2 is 0.792 bits per heavy atom. The van der Waals surface area contributed by atoms with E-state index in [0.29, 0.717) is 12.8 Å². The molecule has 0 saturated heterocycles. The second-order valence-corrected chi connectivity index (χ2v) is 13.8. The van der Waals surface area contributed by atoms with Crippen LogP contribution in [-0.4, -0.2) is 57.8 Å². The molecule has 0 heterocycles. The summed E-state index contributed by atoms with van der Waals surface area (Å²) in [6, 6.07) is 0. The molecule has 0 aromatic carbocycles. The molecular formula is C28H30F14O5V. The van der Waals surface area contributed by atoms with Gasteiger partial charge in [-0.2, -0.15) is 61.5 Å². The third-order valence-corrected chi connectivity index (χ3v) is 11.2. The van der Waals surface area contributed by atoms with Gasteiger partial charge < -0.3 is 10.2 Å². The number of carbonyl (C=O) groups excluding carboxylic acids is 2. The number of carbonyl (C=O) groups is 2. The molecule has 2 N–H and O–H groups in total. The summed E-state index contributed by atoms with van der Waals surface area (Å²) in [4.78, 5) is 24.6. The number of hydrogen-bond donors (Lipinski definition) is 2. The number of alkyl halides is 14. The van der Waals surface area contributed by atoms with E-state index in [9.17, 15) is 81.3 Å². The number of ketones is 2. The Balaban J connectivity index is 0.000000317. The molecule has 0 aromatic heterocycles. The van der Waals surface area contributed by atoms with Gasteiger partial charge in [0.05, 0.1) is 0 Å². The van der Waals surface area contributed by atoms with Crippen LogP contribution in [0.4, 0.5) is 61.5 Å². The van der Waals surface area contributed by atoms with Crippen LogP contribution in [0, 0.1) is 33.5 Å². The zero-order chi connectivity index (χ0) is 38.4. The van der Waals surface area contributed by atoms with Crippen molar-refractivity contribution in [2.24, 2.45) is 33.5 Å². The van der Waals surface area contributed by atoms with Gasteiger partial charge in [0, 0.05) is 22.0 Å². The fourth-order valence-electron chi connectivity index (χ4n) is 7.27. The molecule has 0 amide bonds. The van der Waals surface area contributed by atoms with Crippen LogP contribution in [0.1, 0.15) is 67.2 Å². The van der Waals surface area contributed by atoms with Crippen molar-refractivity contribution in [3.63, 3.8) is 0 Å². The summed E-state index contributed by atoms with van der Waals surface area (Å²) in [5.41, 5.74) is -6.20. The zero-order valence-corrected chi connectivity index (χ0v) is 27.2. The predicted octanol–water partition coefficient (Wildman–Crippen LogP) is 9.19. The van der Waals surface area contributed by atoms with Crippen molar-refractivity contribution >= 4 is 11.6 Å². The quantitative estimate of drug-likeness (QED) is 0.169. The molecule has 4 bridgehead atoms. The van der Waals surface area contributed by atoms with E-state index in [1.807, 2.05) is 0 Å². The molecule has 20 heteroatoms. The summed E-state index contributed by atoms with van der Waals surface area (Å²) >= 11 is 1.06. The normalized spacial score (nSPS) is 32.0. The molecule has 0 aliphatic heterocycles. The maximum atomic E-state index is 13.7. The average molecular weight is 763 g/mol. The minimum atomic E-state index is -6.56. The molecule has 4 fully saturated rings. The molecule has 4 aliphatic rings. The van der Waals surface area contributed by atoms with Crippen LogP contribution in [0.3, 0.4) is 0 Å². The number of aliphatic hydroxyl groups is 2. The number of hydrogen-bond acceptors (Lipinski definition) is 5. The summed E-state index contributed by atoms with van der Waals surface area (Å²) in [6.45, 7) is 9.06. The number of aliphatic hydroxyl groups excluding tert-OH is 2. The first-order valence-corrected chi connectivity index (χ1v) is 14.4. The predicted molar refractivity (Wildman–Crippen MR) is 131 cm³/mol. The van der Waals surface area contributed by atoms with Crippen molar-refractivity contribution in [1.82, 2.24) is 0 Å². The van der Waals surface area contributed by atoms with E-state index in [0.717, 1.165) is 17.4 Å². The second-order valence-electron chi connectivity index (χ2n) is 13.8. The Hall–Kier alpha value is -2.18. The van der Waals surface area contributed by atoms with Gasteiger partial charge >= 0.3 is 57.1 Å². The fourth-order valence-corrected chi connectivity index (χ4v) is 7.27. The number of Topliss-reactive ketones (excluding diaryl/α,β-unsaturated/α-hetero) is 2. The van der Waals surface area contributed by atoms with Crippen LogP contribution < -0.4 is 0 Å². The monoisotopic (exact) mass is 763 g/mol. The van der Waals surface area contributed by atoms with Crippen LogP contribution in [0.25, 0.3) is 0 Å². The number of rotatable bonds is 4. The summed E-state index contributed by atoms with van der Waals surface area (Å²) in [6.07, 6.45) is -12.2. The van der Waals surface area contributed by atoms with Crippen molar-refractivity contribution in [1.29, 1.82) is 0 Å². The van der Waals surface area contributed by atoms with Crippen LogP contribution in [0.15, 0.2) is 22.7 Å². The molecule has 48 heavy (non-hydrogen) atoms. The molecule has 4 unspecified atom stereocenters. The van der Waals surface area contributed by atoms with E-state index >= 15 is 0 Å². The molecule has 4 rings (SSSR count). The van der Waals surface area contributed by atoms with E-state index in [1.165, 1.54) is 13.8 Å². The van der Waals surface area contributed by atoms with E-state index in [1.54, 1.807) is 27.7 Å². The molecule has 0 aromatic rings. The van der Waals surface area contributed by atoms with Crippen molar-refractivity contribution in [2.45, 2.75) is 103 Å². The average Bonchev–Trinajstić information content (AvgIpc) is 3.43. The minimum absolute atomic E-state index is 0.155. The first-order chi connectivity index (χ1) is 21.1. The first-order valence-electron chi connectivity index (χ1n) is 13.9. The Morgan fingerprint density at radius 3 is 0.958 bits per heavy atom. The Bertz CT molecular complexity index is 1310. The van der Waals surface area contributed by atoms with E-state index < -0.39 is 104 Å². The molecule has 0 radical (unpaired) electrons. The molecular weight excluding hydrogens is 733 g/mol. The van der Waals surface area contributed by atoms with Crippen molar-refractivity contribution in [3.8, 4) is 0 Å². The van der Waals surface area contributed by atoms with E-state index in [2.05, 4.69) is 0 Å². The Morgan fingerprint density at radius 1 is 0.562 bits per heavy atom. The SMILES string of the molecule is CC12CCC(C(=C(O)C(F)(F)C(F)(F)C(F)(F)F)C1=O)C2(C)C.CC12CCC(C(=C(O)C(F)(F)C(F)(F)C(F)(F)F)C1=O)C2(C)C.[O]=[V]. The zero-order valence-electron chi connectivity index (χ0n) is 25.8. The van der Waals surface area contributed by atoms with Gasteiger partial charge in [-0.3, -0.25) is 9.59 Å². The third kappa shape index (κ3) is 5.24. The van der Waals surface area contributed by atoms with Crippen LogP contribution >= 0.6 is 0 Å². The maximum absolute atomic E-state index is 13.7. The molecule has 4 aliphatic carbocycles. The standard InChI is InChI=1S/2C14H15F7O2.O.V/c2*1-10(2)6-4-5-11(10,3)8(22)7(6)9(23)12(15,16)13(17,18)14(19,20)21;;/h2*6,23H,4-5H2,1-3H3;;. The number of fused-ring (bicyclic) bond motifs is 4. The molecule has 5 nitrogen and oxygen atoms in total. The first kappa shape index (κ1) is 42.0. The van der Waals surface area contributed by atoms with Gasteiger partial charge in [-0.15, -0.1) is 0 Å². The van der Waals surface area contributed by atoms with Gasteiger partial charge in [-0.25, -0.2) is 0 Å². The fraction of sp³-hybridized carbons (Fsp3) is 0.786. The molecule has 4 atom stereocenters. The van der Waals surface area contributed by atoms with Crippen LogP contribution in [-0.2, 0) is 30.6 Å². The second kappa shape index (κ2) is 11.7. The molecule has 4 saturated carbocycles. The van der Waals surface area contributed by atoms with Gasteiger partial charge in [-0.1, -0.05) is 41.5 Å². The summed E-state index contributed by atoms with van der Waals surface area (Å²) in [7, 11) is 0. The Labute approximate surface area is 273 Å². The van der Waals surface area contributed by atoms with E-state index in [-0.39, 0.29) is 12.8 Å². The Kier molecular flexibility index (Phi) is 10.2. The van der Waals surface area contributed by atoms with Crippen molar-refractivity contribution < 1.29 is 102 Å². The third-order valence-electron chi connectivity index (χ3n) is 11.2. The van der Waals surface area contributed by atoms with Gasteiger partial charge in [0.1, 0.15) is 0 Å². The number of allylic oxidation sites excluding steroid dienone is 4. The van der Waals surface area contributed by atoms with Crippen LogP contribution in [0.5, 0.6) is 0 Å². The van der Waals surface area contributed by atoms with Gasteiger partial charge in [0.25, 0.3) is 0 Å². The summed E-state index contributed by atoms with van der Waals surface area (Å²) in [5, 5.41) is 19.1. The topological polar surface area (TPSA) is 91.7 Å². The van der Waals surface area contributed by atoms with Crippen molar-refractivity contribution in [3.05, 3.63) is 22.7 Å². The molecule has 0 spiro atoms. The van der Waals surface area contributed by atoms with E-state index in [4.69, 9.17) is 3.67 Å². The summed E-state index contributed by atoms with van der Waals surface area (Å²) in [5.74, 6) is -33.7. The summed E-state index contributed by atoms with van der Waals surface area (Å²) < 4.78 is 189. The molecule has 275 valence electrons. The number of halogens is 14.